The van der Waals surface area contributed by atoms with Gasteiger partial charge in [-0.15, -0.1) is 0 Å². The predicted molar refractivity (Wildman–Crippen MR) is 123 cm³/mol. The van der Waals surface area contributed by atoms with Crippen LogP contribution in [0.4, 0.5) is 5.69 Å². The molecule has 170 valence electrons. The van der Waals surface area contributed by atoms with Gasteiger partial charge in [-0.05, 0) is 36.8 Å². The molecule has 0 spiro atoms. The smallest absolute Gasteiger partial charge is 0.350 e. The summed E-state index contributed by atoms with van der Waals surface area (Å²) in [5.74, 6) is -1.49. The van der Waals surface area contributed by atoms with Crippen LogP contribution in [0, 0.1) is 10.1 Å². The van der Waals surface area contributed by atoms with E-state index in [-0.39, 0.29) is 34.2 Å². The maximum atomic E-state index is 12.7. The molecule has 4 rings (SSSR count). The molecule has 1 amide bonds. The lowest BCUT2D eigenvalue weighted by atomic mass is 10.1. The molecule has 1 heterocycles. The highest BCUT2D eigenvalue weighted by molar-refractivity contribution is 5.97. The third-order valence-corrected chi connectivity index (χ3v) is 5.13. The highest BCUT2D eigenvalue weighted by Gasteiger charge is 2.22. The van der Waals surface area contributed by atoms with Crippen molar-refractivity contribution in [1.29, 1.82) is 0 Å². The minimum Gasteiger partial charge on any atom is -0.423 e. The standard InChI is InChI=1S/C25H18N2O7/c1-15(16-7-3-2-4-8-16)26-23(28)20-13-17-11-12-18(14-22(17)34-25(20)30)33-24(29)19-9-5-6-10-21(19)27(31)32/h2-15H,1H3,(H,26,28). The summed E-state index contributed by atoms with van der Waals surface area (Å²) in [5.41, 5.74) is -0.655. The molecule has 0 saturated carbocycles. The van der Waals surface area contributed by atoms with Crippen LogP contribution in [0.5, 0.6) is 5.75 Å². The number of hydrogen-bond acceptors (Lipinski definition) is 7. The van der Waals surface area contributed by atoms with Crippen LogP contribution in [-0.2, 0) is 0 Å². The summed E-state index contributed by atoms with van der Waals surface area (Å²) in [5, 5.41) is 14.3. The zero-order valence-electron chi connectivity index (χ0n) is 17.9. The number of hydrogen-bond donors (Lipinski definition) is 1. The van der Waals surface area contributed by atoms with E-state index in [1.54, 1.807) is 6.92 Å². The minimum absolute atomic E-state index is 0.0219. The molecule has 1 atom stereocenters. The molecule has 0 aliphatic heterocycles. The number of ether oxygens (including phenoxy) is 1. The molecule has 34 heavy (non-hydrogen) atoms. The summed E-state index contributed by atoms with van der Waals surface area (Å²) in [6.07, 6.45) is 0. The van der Waals surface area contributed by atoms with Crippen molar-refractivity contribution in [1.82, 2.24) is 5.32 Å². The van der Waals surface area contributed by atoms with Gasteiger partial charge >= 0.3 is 11.6 Å². The SMILES string of the molecule is CC(NC(=O)c1cc2ccc(OC(=O)c3ccccc3[N+](=O)[O-])cc2oc1=O)c1ccccc1. The number of benzene rings is 3. The van der Waals surface area contributed by atoms with E-state index in [0.717, 1.165) is 5.56 Å². The molecule has 9 heteroatoms. The van der Waals surface area contributed by atoms with E-state index in [2.05, 4.69) is 5.32 Å². The minimum atomic E-state index is -0.931. The Labute approximate surface area is 192 Å². The molecular formula is C25H18N2O7. The Morgan fingerprint density at radius 2 is 1.68 bits per heavy atom. The van der Waals surface area contributed by atoms with E-state index in [1.165, 1.54) is 48.5 Å². The topological polar surface area (TPSA) is 129 Å². The Hall–Kier alpha value is -4.79. The van der Waals surface area contributed by atoms with E-state index < -0.39 is 22.4 Å². The number of rotatable bonds is 6. The van der Waals surface area contributed by atoms with Crippen LogP contribution >= 0.6 is 0 Å². The first-order chi connectivity index (χ1) is 16.3. The van der Waals surface area contributed by atoms with Crippen molar-refractivity contribution in [2.45, 2.75) is 13.0 Å². The number of carbonyl (C=O) groups is 2. The largest absolute Gasteiger partial charge is 0.423 e. The van der Waals surface area contributed by atoms with Gasteiger partial charge in [0, 0.05) is 17.5 Å². The number of nitrogens with zero attached hydrogens (tertiary/aromatic N) is 1. The second-order valence-corrected chi connectivity index (χ2v) is 7.42. The number of nitro groups is 1. The average Bonchev–Trinajstić information content (AvgIpc) is 2.83. The Balaban J connectivity index is 1.56. The first-order valence-electron chi connectivity index (χ1n) is 10.2. The van der Waals surface area contributed by atoms with Gasteiger partial charge in [0.2, 0.25) is 0 Å². The van der Waals surface area contributed by atoms with Crippen molar-refractivity contribution in [2.75, 3.05) is 0 Å². The molecule has 9 nitrogen and oxygen atoms in total. The normalized spacial score (nSPS) is 11.6. The zero-order chi connectivity index (χ0) is 24.2. The third-order valence-electron chi connectivity index (χ3n) is 5.13. The van der Waals surface area contributed by atoms with Crippen molar-refractivity contribution in [3.63, 3.8) is 0 Å². The van der Waals surface area contributed by atoms with Gasteiger partial charge in [0.25, 0.3) is 11.6 Å². The van der Waals surface area contributed by atoms with Crippen molar-refractivity contribution in [3.05, 3.63) is 116 Å². The van der Waals surface area contributed by atoms with Crippen molar-refractivity contribution in [2.24, 2.45) is 0 Å². The van der Waals surface area contributed by atoms with E-state index in [4.69, 9.17) is 9.15 Å². The quantitative estimate of drug-likeness (QED) is 0.149. The van der Waals surface area contributed by atoms with Crippen molar-refractivity contribution < 1.29 is 23.7 Å². The molecule has 3 aromatic carbocycles. The Bertz CT molecular complexity index is 1460. The first-order valence-corrected chi connectivity index (χ1v) is 10.2. The van der Waals surface area contributed by atoms with Crippen LogP contribution in [0.3, 0.4) is 0 Å². The maximum Gasteiger partial charge on any atom is 0.350 e. The Morgan fingerprint density at radius 1 is 0.971 bits per heavy atom. The summed E-state index contributed by atoms with van der Waals surface area (Å²) >= 11 is 0. The summed E-state index contributed by atoms with van der Waals surface area (Å²) in [6.45, 7) is 1.80. The second kappa shape index (κ2) is 9.37. The molecule has 0 bridgehead atoms. The summed E-state index contributed by atoms with van der Waals surface area (Å²) < 4.78 is 10.5. The van der Waals surface area contributed by atoms with E-state index in [0.29, 0.717) is 5.39 Å². The molecule has 4 aromatic rings. The number of para-hydroxylation sites is 1. The van der Waals surface area contributed by atoms with E-state index in [9.17, 15) is 24.5 Å². The lowest BCUT2D eigenvalue weighted by Crippen LogP contribution is -2.30. The lowest BCUT2D eigenvalue weighted by molar-refractivity contribution is -0.385. The van der Waals surface area contributed by atoms with Crippen LogP contribution < -0.4 is 15.7 Å². The Kier molecular flexibility index (Phi) is 6.18. The molecule has 1 aromatic heterocycles. The molecule has 1 N–H and O–H groups in total. The van der Waals surface area contributed by atoms with E-state index >= 15 is 0 Å². The molecule has 1 unspecified atom stereocenters. The number of carbonyl (C=O) groups excluding carboxylic acids is 2. The second-order valence-electron chi connectivity index (χ2n) is 7.42. The fourth-order valence-corrected chi connectivity index (χ4v) is 3.38. The van der Waals surface area contributed by atoms with Crippen LogP contribution in [0.2, 0.25) is 0 Å². The van der Waals surface area contributed by atoms with Gasteiger partial charge in [-0.2, -0.15) is 0 Å². The average molecular weight is 458 g/mol. The number of fused-ring (bicyclic) bond motifs is 1. The third kappa shape index (κ3) is 4.68. The van der Waals surface area contributed by atoms with Gasteiger partial charge in [-0.3, -0.25) is 14.9 Å². The van der Waals surface area contributed by atoms with Crippen LogP contribution in [0.1, 0.15) is 39.2 Å². The van der Waals surface area contributed by atoms with Gasteiger partial charge in [0.05, 0.1) is 11.0 Å². The fourth-order valence-electron chi connectivity index (χ4n) is 3.38. The fraction of sp³-hybridized carbons (Fsp3) is 0.0800. The highest BCUT2D eigenvalue weighted by Crippen LogP contribution is 2.24. The van der Waals surface area contributed by atoms with E-state index in [1.807, 2.05) is 30.3 Å². The van der Waals surface area contributed by atoms with Crippen LogP contribution in [0.25, 0.3) is 11.0 Å². The van der Waals surface area contributed by atoms with Gasteiger partial charge in [0.15, 0.2) is 0 Å². The monoisotopic (exact) mass is 458 g/mol. The molecule has 0 aliphatic carbocycles. The van der Waals surface area contributed by atoms with Crippen LogP contribution in [-0.4, -0.2) is 16.8 Å². The molecular weight excluding hydrogens is 440 g/mol. The highest BCUT2D eigenvalue weighted by atomic mass is 16.6. The van der Waals surface area contributed by atoms with Crippen molar-refractivity contribution in [3.8, 4) is 5.75 Å². The maximum absolute atomic E-state index is 12.7. The Morgan fingerprint density at radius 3 is 2.41 bits per heavy atom. The zero-order valence-corrected chi connectivity index (χ0v) is 17.9. The van der Waals surface area contributed by atoms with Gasteiger partial charge < -0.3 is 14.5 Å². The first kappa shape index (κ1) is 22.4. The summed E-state index contributed by atoms with van der Waals surface area (Å²) in [4.78, 5) is 48.0. The molecule has 0 saturated heterocycles. The summed E-state index contributed by atoms with van der Waals surface area (Å²) in [6, 6.07) is 20.0. The van der Waals surface area contributed by atoms with Crippen LogP contribution in [0.15, 0.2) is 88.1 Å². The van der Waals surface area contributed by atoms with Crippen molar-refractivity contribution >= 4 is 28.5 Å². The molecule has 0 fully saturated rings. The molecule has 0 aliphatic rings. The number of nitrogens with one attached hydrogen (secondary N) is 1. The lowest BCUT2D eigenvalue weighted by Gasteiger charge is -2.14. The summed E-state index contributed by atoms with van der Waals surface area (Å²) in [7, 11) is 0. The van der Waals surface area contributed by atoms with Gasteiger partial charge in [0.1, 0.15) is 22.5 Å². The predicted octanol–water partition coefficient (Wildman–Crippen LogP) is 4.41. The van der Waals surface area contributed by atoms with Gasteiger partial charge in [-0.25, -0.2) is 9.59 Å². The molecule has 0 radical (unpaired) electrons. The number of esters is 1. The number of nitro benzene ring substituents is 1. The van der Waals surface area contributed by atoms with Gasteiger partial charge in [-0.1, -0.05) is 42.5 Å². The number of amides is 1.